The van der Waals surface area contributed by atoms with Gasteiger partial charge < -0.3 is 15.7 Å². The van der Waals surface area contributed by atoms with Crippen LogP contribution in [0, 0.1) is 5.92 Å². The molecule has 114 valence electrons. The van der Waals surface area contributed by atoms with Crippen molar-refractivity contribution < 1.29 is 14.7 Å². The van der Waals surface area contributed by atoms with Gasteiger partial charge in [-0.25, -0.2) is 4.79 Å². The summed E-state index contributed by atoms with van der Waals surface area (Å²) < 4.78 is 0. The molecule has 0 radical (unpaired) electrons. The molecule has 1 aliphatic rings. The fraction of sp³-hybridized carbons (Fsp3) is 0.571. The Labute approximate surface area is 123 Å². The SMILES string of the molecule is CNC(=O)c1ccc(NC2(C(=O)O)CCC(C)CC2)nn1. The number of carboxylic acids is 1. The van der Waals surface area contributed by atoms with Crippen LogP contribution in [0.2, 0.25) is 0 Å². The van der Waals surface area contributed by atoms with E-state index in [1.54, 1.807) is 6.07 Å². The Kier molecular flexibility index (Phi) is 4.40. The van der Waals surface area contributed by atoms with Gasteiger partial charge in [0.05, 0.1) is 0 Å². The van der Waals surface area contributed by atoms with Gasteiger partial charge >= 0.3 is 5.97 Å². The van der Waals surface area contributed by atoms with E-state index in [1.807, 2.05) is 0 Å². The molecule has 3 N–H and O–H groups in total. The molecule has 21 heavy (non-hydrogen) atoms. The van der Waals surface area contributed by atoms with Crippen molar-refractivity contribution >= 4 is 17.7 Å². The number of rotatable bonds is 4. The Morgan fingerprint density at radius 3 is 2.43 bits per heavy atom. The summed E-state index contributed by atoms with van der Waals surface area (Å²) in [7, 11) is 1.51. The van der Waals surface area contributed by atoms with Gasteiger partial charge in [-0.05, 0) is 43.7 Å². The standard InChI is InChI=1S/C14H20N4O3/c1-9-5-7-14(8-6-9,13(20)21)16-11-4-3-10(17-18-11)12(19)15-2/h3-4,9H,5-8H2,1-2H3,(H,15,19)(H,16,18)(H,20,21). The molecule has 2 rings (SSSR count). The van der Waals surface area contributed by atoms with E-state index in [2.05, 4.69) is 27.8 Å². The Hall–Kier alpha value is -2.18. The van der Waals surface area contributed by atoms with Crippen LogP contribution in [0.25, 0.3) is 0 Å². The fourth-order valence-corrected chi connectivity index (χ4v) is 2.54. The Balaban J connectivity index is 2.14. The summed E-state index contributed by atoms with van der Waals surface area (Å²) in [6, 6.07) is 3.11. The van der Waals surface area contributed by atoms with Crippen LogP contribution in [0.4, 0.5) is 5.82 Å². The molecule has 1 fully saturated rings. The molecule has 1 amide bonds. The second kappa shape index (κ2) is 6.07. The number of hydrogen-bond donors (Lipinski definition) is 3. The molecule has 0 unspecified atom stereocenters. The second-order valence-electron chi connectivity index (χ2n) is 5.58. The van der Waals surface area contributed by atoms with Gasteiger partial charge in [-0.2, -0.15) is 0 Å². The molecule has 1 aromatic rings. The van der Waals surface area contributed by atoms with E-state index >= 15 is 0 Å². The predicted molar refractivity (Wildman–Crippen MR) is 77.0 cm³/mol. The van der Waals surface area contributed by atoms with Crippen LogP contribution >= 0.6 is 0 Å². The zero-order valence-corrected chi connectivity index (χ0v) is 12.2. The van der Waals surface area contributed by atoms with Crippen molar-refractivity contribution in [3.8, 4) is 0 Å². The highest BCUT2D eigenvalue weighted by Gasteiger charge is 2.41. The first-order valence-corrected chi connectivity index (χ1v) is 7.04. The molecule has 1 aliphatic carbocycles. The molecule has 0 spiro atoms. The summed E-state index contributed by atoms with van der Waals surface area (Å²) in [6.07, 6.45) is 2.84. The number of amides is 1. The van der Waals surface area contributed by atoms with Gasteiger partial charge in [-0.15, -0.1) is 10.2 Å². The van der Waals surface area contributed by atoms with E-state index < -0.39 is 11.5 Å². The van der Waals surface area contributed by atoms with Crippen LogP contribution in [0.3, 0.4) is 0 Å². The number of nitrogens with zero attached hydrogens (tertiary/aromatic N) is 2. The van der Waals surface area contributed by atoms with Crippen LogP contribution in [0.5, 0.6) is 0 Å². The van der Waals surface area contributed by atoms with E-state index in [0.29, 0.717) is 24.6 Å². The highest BCUT2D eigenvalue weighted by Crippen LogP contribution is 2.34. The number of hydrogen-bond acceptors (Lipinski definition) is 5. The van der Waals surface area contributed by atoms with Gasteiger partial charge in [-0.1, -0.05) is 6.92 Å². The quantitative estimate of drug-likeness (QED) is 0.772. The fourth-order valence-electron chi connectivity index (χ4n) is 2.54. The van der Waals surface area contributed by atoms with E-state index in [4.69, 9.17) is 0 Å². The van der Waals surface area contributed by atoms with Crippen LogP contribution in [-0.4, -0.2) is 39.8 Å². The van der Waals surface area contributed by atoms with Crippen LogP contribution in [-0.2, 0) is 4.79 Å². The van der Waals surface area contributed by atoms with E-state index in [1.165, 1.54) is 13.1 Å². The predicted octanol–water partition coefficient (Wildman–Crippen LogP) is 1.28. The minimum Gasteiger partial charge on any atom is -0.480 e. The summed E-state index contributed by atoms with van der Waals surface area (Å²) in [4.78, 5) is 23.0. The molecular weight excluding hydrogens is 272 g/mol. The minimum atomic E-state index is -0.990. The van der Waals surface area contributed by atoms with Crippen LogP contribution in [0.1, 0.15) is 43.1 Å². The van der Waals surface area contributed by atoms with Gasteiger partial charge in [0.15, 0.2) is 5.69 Å². The van der Waals surface area contributed by atoms with Crippen molar-refractivity contribution in [2.24, 2.45) is 5.92 Å². The number of aliphatic carboxylic acids is 1. The maximum atomic E-state index is 11.6. The van der Waals surface area contributed by atoms with Gasteiger partial charge in [0.2, 0.25) is 0 Å². The average Bonchev–Trinajstić information content (AvgIpc) is 2.49. The molecule has 0 aromatic carbocycles. The molecule has 1 heterocycles. The Bertz CT molecular complexity index is 522. The second-order valence-corrected chi connectivity index (χ2v) is 5.58. The first-order valence-electron chi connectivity index (χ1n) is 7.04. The molecular formula is C14H20N4O3. The third-order valence-corrected chi connectivity index (χ3v) is 4.03. The third kappa shape index (κ3) is 3.29. The van der Waals surface area contributed by atoms with Gasteiger partial charge in [0.1, 0.15) is 11.4 Å². The molecule has 0 atom stereocenters. The largest absolute Gasteiger partial charge is 0.480 e. The highest BCUT2D eigenvalue weighted by atomic mass is 16.4. The van der Waals surface area contributed by atoms with Gasteiger partial charge in [0, 0.05) is 7.05 Å². The number of carbonyl (C=O) groups excluding carboxylic acids is 1. The van der Waals surface area contributed by atoms with E-state index in [9.17, 15) is 14.7 Å². The lowest BCUT2D eigenvalue weighted by atomic mass is 9.77. The molecule has 7 heteroatoms. The van der Waals surface area contributed by atoms with Crippen LogP contribution in [0.15, 0.2) is 12.1 Å². The number of carboxylic acid groups (broad SMARTS) is 1. The zero-order chi connectivity index (χ0) is 15.5. The molecule has 1 saturated carbocycles. The number of anilines is 1. The molecule has 0 bridgehead atoms. The van der Waals surface area contributed by atoms with Crippen molar-refractivity contribution in [3.05, 3.63) is 17.8 Å². The van der Waals surface area contributed by atoms with E-state index in [0.717, 1.165) is 12.8 Å². The van der Waals surface area contributed by atoms with E-state index in [-0.39, 0.29) is 11.6 Å². The smallest absolute Gasteiger partial charge is 0.329 e. The van der Waals surface area contributed by atoms with Gasteiger partial charge in [-0.3, -0.25) is 4.79 Å². The summed E-state index contributed by atoms with van der Waals surface area (Å²) in [6.45, 7) is 2.13. The monoisotopic (exact) mass is 292 g/mol. The average molecular weight is 292 g/mol. The first-order chi connectivity index (χ1) is 9.97. The lowest BCUT2D eigenvalue weighted by Gasteiger charge is -2.36. The lowest BCUT2D eigenvalue weighted by molar-refractivity contribution is -0.143. The van der Waals surface area contributed by atoms with Gasteiger partial charge in [0.25, 0.3) is 5.91 Å². The van der Waals surface area contributed by atoms with Crippen molar-refractivity contribution in [2.75, 3.05) is 12.4 Å². The Morgan fingerprint density at radius 2 is 1.95 bits per heavy atom. The zero-order valence-electron chi connectivity index (χ0n) is 12.2. The third-order valence-electron chi connectivity index (χ3n) is 4.03. The van der Waals surface area contributed by atoms with Crippen molar-refractivity contribution in [2.45, 2.75) is 38.1 Å². The number of aromatic nitrogens is 2. The molecule has 0 saturated heterocycles. The normalized spacial score (nSPS) is 25.1. The summed E-state index contributed by atoms with van der Waals surface area (Å²) >= 11 is 0. The van der Waals surface area contributed by atoms with Crippen LogP contribution < -0.4 is 10.6 Å². The molecule has 1 aromatic heterocycles. The van der Waals surface area contributed by atoms with Crippen molar-refractivity contribution in [1.82, 2.24) is 15.5 Å². The molecule has 7 nitrogen and oxygen atoms in total. The molecule has 0 aliphatic heterocycles. The maximum absolute atomic E-state index is 11.6. The number of carbonyl (C=O) groups is 2. The van der Waals surface area contributed by atoms with Crippen molar-refractivity contribution in [1.29, 1.82) is 0 Å². The summed E-state index contributed by atoms with van der Waals surface area (Å²) in [5, 5.41) is 22.7. The summed E-state index contributed by atoms with van der Waals surface area (Å²) in [5.74, 6) is -0.277. The lowest BCUT2D eigenvalue weighted by Crippen LogP contribution is -2.49. The summed E-state index contributed by atoms with van der Waals surface area (Å²) in [5.41, 5.74) is -0.792. The maximum Gasteiger partial charge on any atom is 0.329 e. The topological polar surface area (TPSA) is 104 Å². The Morgan fingerprint density at radius 1 is 1.29 bits per heavy atom. The van der Waals surface area contributed by atoms with Crippen molar-refractivity contribution in [3.63, 3.8) is 0 Å². The minimum absolute atomic E-state index is 0.199. The first kappa shape index (κ1) is 15.2. The highest BCUT2D eigenvalue weighted by molar-refractivity contribution is 5.92. The number of nitrogens with one attached hydrogen (secondary N) is 2.